The monoisotopic (exact) mass is 540 g/mol. The number of nitrogens with one attached hydrogen (secondary N) is 3. The number of nitrogens with zero attached hydrogens (tertiary/aromatic N) is 1. The van der Waals surface area contributed by atoms with Crippen LogP contribution in [0.25, 0.3) is 0 Å². The largest absolute Gasteiger partial charge is 0.445 e. The van der Waals surface area contributed by atoms with E-state index in [2.05, 4.69) is 16.0 Å². The van der Waals surface area contributed by atoms with Crippen molar-refractivity contribution in [3.05, 3.63) is 71.8 Å². The predicted molar refractivity (Wildman–Crippen MR) is 147 cm³/mol. The van der Waals surface area contributed by atoms with Crippen LogP contribution < -0.4 is 16.0 Å². The van der Waals surface area contributed by atoms with Crippen LogP contribution in [0.15, 0.2) is 60.7 Å². The second-order valence-corrected chi connectivity index (χ2v) is 10.5. The molecule has 2 aliphatic rings. The molecule has 4 rings (SSSR count). The summed E-state index contributed by atoms with van der Waals surface area (Å²) < 4.78 is 15.6. The Labute approximate surface area is 230 Å². The zero-order valence-corrected chi connectivity index (χ0v) is 23.0. The lowest BCUT2D eigenvalue weighted by atomic mass is 10.2. The number of alkyl carbamates (subject to hydrolysis) is 2. The minimum absolute atomic E-state index is 0.106. The molecule has 0 bridgehead atoms. The molecule has 0 unspecified atom stereocenters. The van der Waals surface area contributed by atoms with Crippen LogP contribution in [0.5, 0.6) is 0 Å². The van der Waals surface area contributed by atoms with E-state index in [4.69, 9.17) is 14.2 Å². The molecular formula is C29H40N4O6. The summed E-state index contributed by atoms with van der Waals surface area (Å²) in [6.45, 7) is 8.85. The fourth-order valence-electron chi connectivity index (χ4n) is 4.01. The third kappa shape index (κ3) is 11.6. The van der Waals surface area contributed by atoms with Gasteiger partial charge in [0.2, 0.25) is 0 Å². The third-order valence-corrected chi connectivity index (χ3v) is 5.97. The highest BCUT2D eigenvalue weighted by Crippen LogP contribution is 2.15. The van der Waals surface area contributed by atoms with Gasteiger partial charge >= 0.3 is 18.3 Å². The molecule has 3 amide bonds. The summed E-state index contributed by atoms with van der Waals surface area (Å²) in [5, 5.41) is 8.79. The number of carbonyl (C=O) groups is 3. The highest BCUT2D eigenvalue weighted by Gasteiger charge is 2.30. The highest BCUT2D eigenvalue weighted by molar-refractivity contribution is 5.70. The molecule has 39 heavy (non-hydrogen) atoms. The van der Waals surface area contributed by atoms with Crippen molar-refractivity contribution in [2.45, 2.75) is 64.5 Å². The Morgan fingerprint density at radius 1 is 0.846 bits per heavy atom. The second kappa shape index (κ2) is 15.0. The van der Waals surface area contributed by atoms with Crippen molar-refractivity contribution in [3.63, 3.8) is 0 Å². The lowest BCUT2D eigenvalue weighted by Crippen LogP contribution is -2.40. The van der Waals surface area contributed by atoms with Gasteiger partial charge in [-0.15, -0.1) is 0 Å². The maximum absolute atomic E-state index is 12.0. The van der Waals surface area contributed by atoms with Crippen LogP contribution >= 0.6 is 0 Å². The van der Waals surface area contributed by atoms with Gasteiger partial charge in [0, 0.05) is 25.7 Å². The molecule has 2 aromatic rings. The maximum atomic E-state index is 12.0. The van der Waals surface area contributed by atoms with E-state index in [9.17, 15) is 14.4 Å². The van der Waals surface area contributed by atoms with Gasteiger partial charge in [-0.2, -0.15) is 0 Å². The van der Waals surface area contributed by atoms with Gasteiger partial charge in [0.25, 0.3) is 0 Å². The molecule has 10 nitrogen and oxygen atoms in total. The van der Waals surface area contributed by atoms with Crippen molar-refractivity contribution in [1.29, 1.82) is 0 Å². The number of hydrogen-bond acceptors (Lipinski definition) is 7. The Bertz CT molecular complexity index is 1040. The molecule has 10 heteroatoms. The maximum Gasteiger partial charge on any atom is 0.410 e. The second-order valence-electron chi connectivity index (χ2n) is 10.5. The molecule has 0 radical (unpaired) electrons. The van der Waals surface area contributed by atoms with Crippen molar-refractivity contribution >= 4 is 18.3 Å². The van der Waals surface area contributed by atoms with Gasteiger partial charge < -0.3 is 35.1 Å². The molecule has 0 aromatic heterocycles. The van der Waals surface area contributed by atoms with Crippen LogP contribution in [0, 0.1) is 0 Å². The van der Waals surface area contributed by atoms with Gasteiger partial charge in [0.1, 0.15) is 18.8 Å². The molecule has 2 saturated heterocycles. The number of amides is 3. The minimum atomic E-state index is -0.517. The van der Waals surface area contributed by atoms with Crippen molar-refractivity contribution in [1.82, 2.24) is 20.9 Å². The molecule has 2 heterocycles. The number of hydrogen-bond donors (Lipinski definition) is 3. The molecule has 0 saturated carbocycles. The summed E-state index contributed by atoms with van der Waals surface area (Å²) in [7, 11) is 0. The molecule has 2 aromatic carbocycles. The fraction of sp³-hybridized carbons (Fsp3) is 0.483. The normalized spacial score (nSPS) is 18.4. The molecule has 212 valence electrons. The van der Waals surface area contributed by atoms with E-state index < -0.39 is 11.7 Å². The number of rotatable bonds is 6. The van der Waals surface area contributed by atoms with Gasteiger partial charge in [-0.3, -0.25) is 0 Å². The van der Waals surface area contributed by atoms with Gasteiger partial charge in [-0.25, -0.2) is 14.4 Å². The van der Waals surface area contributed by atoms with Crippen LogP contribution in [0.2, 0.25) is 0 Å². The van der Waals surface area contributed by atoms with E-state index in [1.54, 1.807) is 4.90 Å². The van der Waals surface area contributed by atoms with E-state index >= 15 is 0 Å². The average Bonchev–Trinajstić information content (AvgIpc) is 3.59. The summed E-state index contributed by atoms with van der Waals surface area (Å²) in [5.74, 6) is 0. The van der Waals surface area contributed by atoms with E-state index in [1.165, 1.54) is 0 Å². The highest BCUT2D eigenvalue weighted by atomic mass is 16.6. The molecule has 0 aliphatic carbocycles. The van der Waals surface area contributed by atoms with Crippen LogP contribution in [0.1, 0.15) is 44.7 Å². The predicted octanol–water partition coefficient (Wildman–Crippen LogP) is 4.20. The van der Waals surface area contributed by atoms with Crippen LogP contribution in [0.3, 0.4) is 0 Å². The summed E-state index contributed by atoms with van der Waals surface area (Å²) in [4.78, 5) is 36.8. The molecule has 2 fully saturated rings. The summed E-state index contributed by atoms with van der Waals surface area (Å²) in [6.07, 6.45) is 0.516. The van der Waals surface area contributed by atoms with E-state index in [1.807, 2.05) is 81.4 Å². The third-order valence-electron chi connectivity index (χ3n) is 5.97. The van der Waals surface area contributed by atoms with Crippen LogP contribution in [-0.4, -0.2) is 67.0 Å². The first kappa shape index (κ1) is 29.8. The minimum Gasteiger partial charge on any atom is -0.445 e. The van der Waals surface area contributed by atoms with Gasteiger partial charge in [-0.1, -0.05) is 60.7 Å². The molecule has 2 aliphatic heterocycles. The van der Waals surface area contributed by atoms with Crippen molar-refractivity contribution < 1.29 is 28.6 Å². The smallest absolute Gasteiger partial charge is 0.410 e. The first-order chi connectivity index (χ1) is 18.7. The topological polar surface area (TPSA) is 118 Å². The van der Waals surface area contributed by atoms with Crippen molar-refractivity contribution in [2.24, 2.45) is 0 Å². The lowest BCUT2D eigenvalue weighted by molar-refractivity contribution is 0.0290. The SMILES string of the molecule is CC(C)(C)OC(=O)N1CC[C@@H](NC(=O)OCc2ccccc2)C1.O=C(N[C@@H]1CCNC1)OCc1ccccc1. The summed E-state index contributed by atoms with van der Waals surface area (Å²) in [5.41, 5.74) is 1.42. The van der Waals surface area contributed by atoms with Gasteiger partial charge in [0.15, 0.2) is 0 Å². The number of benzene rings is 2. The first-order valence-corrected chi connectivity index (χ1v) is 13.3. The summed E-state index contributed by atoms with van der Waals surface area (Å²) in [6, 6.07) is 19.3. The van der Waals surface area contributed by atoms with E-state index in [0.717, 1.165) is 30.6 Å². The van der Waals surface area contributed by atoms with Crippen molar-refractivity contribution in [3.8, 4) is 0 Å². The molecule has 0 spiro atoms. The number of likely N-dealkylation sites (tertiary alicyclic amines) is 1. The Hall–Kier alpha value is -3.79. The fourth-order valence-corrected chi connectivity index (χ4v) is 4.01. The molecule has 3 N–H and O–H groups in total. The van der Waals surface area contributed by atoms with Crippen LogP contribution in [0.4, 0.5) is 14.4 Å². The Morgan fingerprint density at radius 2 is 1.38 bits per heavy atom. The number of carbonyl (C=O) groups excluding carboxylic acids is 3. The summed E-state index contributed by atoms with van der Waals surface area (Å²) >= 11 is 0. The Balaban J connectivity index is 0.000000230. The average molecular weight is 541 g/mol. The first-order valence-electron chi connectivity index (χ1n) is 13.3. The zero-order chi connectivity index (χ0) is 28.1. The standard InChI is InChI=1S/C17H24N2O4.C12H16N2O2/c1-17(2,3)23-16(21)19-10-9-14(11-19)18-15(20)22-12-13-7-5-4-6-8-13;15-12(14-11-6-7-13-8-11)16-9-10-4-2-1-3-5-10/h4-8,14H,9-12H2,1-3H3,(H,18,20);1-5,11,13H,6-9H2,(H,14,15)/t14-;11-/m11/s1. The van der Waals surface area contributed by atoms with E-state index in [-0.39, 0.29) is 30.9 Å². The zero-order valence-electron chi connectivity index (χ0n) is 23.0. The van der Waals surface area contributed by atoms with Crippen molar-refractivity contribution in [2.75, 3.05) is 26.2 Å². The molecule has 2 atom stereocenters. The van der Waals surface area contributed by atoms with E-state index in [0.29, 0.717) is 26.1 Å². The molecular weight excluding hydrogens is 500 g/mol. The Kier molecular flexibility index (Phi) is 11.4. The Morgan fingerprint density at radius 3 is 1.87 bits per heavy atom. The number of ether oxygens (including phenoxy) is 3. The lowest BCUT2D eigenvalue weighted by Gasteiger charge is -2.24. The van der Waals surface area contributed by atoms with Gasteiger partial charge in [0.05, 0.1) is 6.04 Å². The van der Waals surface area contributed by atoms with Gasteiger partial charge in [-0.05, 0) is 51.3 Å². The van der Waals surface area contributed by atoms with Crippen LogP contribution in [-0.2, 0) is 27.4 Å². The quantitative estimate of drug-likeness (QED) is 0.470.